The lowest BCUT2D eigenvalue weighted by Crippen LogP contribution is -2.58. The molecule has 1 fully saturated rings. The molecule has 0 aromatic heterocycles. The number of nitrogens with zero attached hydrogens (tertiary/aromatic N) is 2. The number of hydrogen-bond donors (Lipinski definition) is 1. The van der Waals surface area contributed by atoms with Crippen molar-refractivity contribution < 1.29 is 4.79 Å². The molecule has 1 amide bonds. The molecule has 0 aromatic rings. The molecule has 1 aliphatic carbocycles. The Balaban J connectivity index is 2.27. The second kappa shape index (κ2) is 4.94. The average Bonchev–Trinajstić information content (AvgIpc) is 2.12. The van der Waals surface area contributed by atoms with Crippen LogP contribution in [0.5, 0.6) is 0 Å². The highest BCUT2D eigenvalue weighted by molar-refractivity contribution is 5.86. The number of rotatable bonds is 5. The van der Waals surface area contributed by atoms with E-state index in [9.17, 15) is 4.79 Å². The number of nitrogens with two attached hydrogens (primary N) is 1. The lowest BCUT2D eigenvalue weighted by Gasteiger charge is -2.39. The Morgan fingerprint density at radius 2 is 1.87 bits per heavy atom. The fraction of sp³-hybridized carbons (Fsp3) is 0.909. The highest BCUT2D eigenvalue weighted by Gasteiger charge is 2.41. The van der Waals surface area contributed by atoms with Crippen LogP contribution < -0.4 is 5.73 Å². The molecule has 4 nitrogen and oxygen atoms in total. The van der Waals surface area contributed by atoms with E-state index in [1.807, 2.05) is 21.1 Å². The van der Waals surface area contributed by atoms with E-state index in [-0.39, 0.29) is 5.91 Å². The molecule has 0 atom stereocenters. The highest BCUT2D eigenvalue weighted by atomic mass is 16.2. The molecule has 0 aliphatic heterocycles. The predicted molar refractivity (Wildman–Crippen MR) is 61.6 cm³/mol. The van der Waals surface area contributed by atoms with Gasteiger partial charge in [-0.3, -0.25) is 4.79 Å². The normalized spacial score (nSPS) is 18.7. The zero-order chi connectivity index (χ0) is 11.5. The van der Waals surface area contributed by atoms with E-state index in [1.54, 1.807) is 4.90 Å². The molecule has 1 rings (SSSR count). The third kappa shape index (κ3) is 3.18. The number of carbonyl (C=O) groups excluding carboxylic acids is 1. The third-order valence-corrected chi connectivity index (χ3v) is 3.12. The monoisotopic (exact) mass is 213 g/mol. The Bertz CT molecular complexity index is 224. The fourth-order valence-electron chi connectivity index (χ4n) is 1.88. The van der Waals surface area contributed by atoms with Gasteiger partial charge in [0.05, 0.1) is 5.54 Å². The lowest BCUT2D eigenvalue weighted by molar-refractivity contribution is -0.138. The number of amides is 1. The first kappa shape index (κ1) is 12.5. The van der Waals surface area contributed by atoms with Crippen molar-refractivity contribution in [3.8, 4) is 0 Å². The van der Waals surface area contributed by atoms with Crippen molar-refractivity contribution >= 4 is 5.91 Å². The van der Waals surface area contributed by atoms with Gasteiger partial charge in [-0.05, 0) is 46.3 Å². The Hall–Kier alpha value is -0.610. The van der Waals surface area contributed by atoms with Gasteiger partial charge in [-0.15, -0.1) is 0 Å². The molecule has 0 heterocycles. The number of likely N-dealkylation sites (N-methyl/N-ethyl adjacent to an activating group) is 1. The molecule has 0 unspecified atom stereocenters. The average molecular weight is 213 g/mol. The number of carbonyl (C=O) groups is 1. The minimum absolute atomic E-state index is 0.118. The SMILES string of the molecule is CN(C)CCCN(C)C(=O)C1(N)CCC1. The van der Waals surface area contributed by atoms with E-state index in [1.165, 1.54) is 0 Å². The largest absolute Gasteiger partial charge is 0.344 e. The number of hydrogen-bond acceptors (Lipinski definition) is 3. The molecule has 0 radical (unpaired) electrons. The van der Waals surface area contributed by atoms with Gasteiger partial charge in [-0.25, -0.2) is 0 Å². The molecule has 0 spiro atoms. The van der Waals surface area contributed by atoms with Crippen LogP contribution >= 0.6 is 0 Å². The topological polar surface area (TPSA) is 49.6 Å². The Kier molecular flexibility index (Phi) is 4.11. The summed E-state index contributed by atoms with van der Waals surface area (Å²) in [5.74, 6) is 0.118. The molecule has 1 saturated carbocycles. The van der Waals surface area contributed by atoms with Crippen LogP contribution in [-0.4, -0.2) is 55.5 Å². The molecule has 0 aromatic carbocycles. The van der Waals surface area contributed by atoms with E-state index in [0.717, 1.165) is 38.8 Å². The van der Waals surface area contributed by atoms with Gasteiger partial charge in [0.15, 0.2) is 0 Å². The van der Waals surface area contributed by atoms with Gasteiger partial charge in [0.2, 0.25) is 5.91 Å². The van der Waals surface area contributed by atoms with Gasteiger partial charge in [-0.1, -0.05) is 0 Å². The van der Waals surface area contributed by atoms with Gasteiger partial charge < -0.3 is 15.5 Å². The molecule has 0 saturated heterocycles. The summed E-state index contributed by atoms with van der Waals surface area (Å²) in [7, 11) is 5.93. The summed E-state index contributed by atoms with van der Waals surface area (Å²) in [6, 6.07) is 0. The molecule has 2 N–H and O–H groups in total. The van der Waals surface area contributed by atoms with Crippen LogP contribution in [-0.2, 0) is 4.79 Å². The van der Waals surface area contributed by atoms with Gasteiger partial charge in [0.1, 0.15) is 0 Å². The van der Waals surface area contributed by atoms with E-state index in [2.05, 4.69) is 4.90 Å². The molecule has 0 bridgehead atoms. The van der Waals surface area contributed by atoms with Crippen LogP contribution in [0.4, 0.5) is 0 Å². The smallest absolute Gasteiger partial charge is 0.242 e. The maximum absolute atomic E-state index is 11.9. The molecular weight excluding hydrogens is 190 g/mol. The molecular formula is C11H23N3O. The van der Waals surface area contributed by atoms with E-state index in [4.69, 9.17) is 5.73 Å². The van der Waals surface area contributed by atoms with Gasteiger partial charge >= 0.3 is 0 Å². The van der Waals surface area contributed by atoms with Crippen LogP contribution in [0, 0.1) is 0 Å². The van der Waals surface area contributed by atoms with Crippen molar-refractivity contribution in [2.24, 2.45) is 5.73 Å². The third-order valence-electron chi connectivity index (χ3n) is 3.12. The summed E-state index contributed by atoms with van der Waals surface area (Å²) in [5, 5.41) is 0. The second-order valence-corrected chi connectivity index (χ2v) is 4.89. The fourth-order valence-corrected chi connectivity index (χ4v) is 1.88. The Labute approximate surface area is 92.4 Å². The maximum atomic E-state index is 11.9. The first-order valence-electron chi connectivity index (χ1n) is 5.65. The van der Waals surface area contributed by atoms with E-state index in [0.29, 0.717) is 0 Å². The van der Waals surface area contributed by atoms with Crippen molar-refractivity contribution in [1.82, 2.24) is 9.80 Å². The highest BCUT2D eigenvalue weighted by Crippen LogP contribution is 2.30. The Morgan fingerprint density at radius 1 is 1.27 bits per heavy atom. The van der Waals surface area contributed by atoms with E-state index < -0.39 is 5.54 Å². The molecule has 88 valence electrons. The minimum Gasteiger partial charge on any atom is -0.344 e. The lowest BCUT2D eigenvalue weighted by atomic mass is 9.76. The van der Waals surface area contributed by atoms with Crippen molar-refractivity contribution in [3.05, 3.63) is 0 Å². The Morgan fingerprint density at radius 3 is 2.27 bits per heavy atom. The first-order valence-corrected chi connectivity index (χ1v) is 5.65. The zero-order valence-electron chi connectivity index (χ0n) is 10.1. The molecule has 1 aliphatic rings. The van der Waals surface area contributed by atoms with Crippen LogP contribution in [0.15, 0.2) is 0 Å². The van der Waals surface area contributed by atoms with Crippen molar-refractivity contribution in [3.63, 3.8) is 0 Å². The van der Waals surface area contributed by atoms with Crippen LogP contribution in [0.1, 0.15) is 25.7 Å². The van der Waals surface area contributed by atoms with Gasteiger partial charge in [-0.2, -0.15) is 0 Å². The quantitative estimate of drug-likeness (QED) is 0.713. The summed E-state index contributed by atoms with van der Waals surface area (Å²) in [6.45, 7) is 1.81. The summed E-state index contributed by atoms with van der Waals surface area (Å²) in [4.78, 5) is 15.8. The second-order valence-electron chi connectivity index (χ2n) is 4.89. The summed E-state index contributed by atoms with van der Waals surface area (Å²) < 4.78 is 0. The summed E-state index contributed by atoms with van der Waals surface area (Å²) in [6.07, 6.45) is 3.80. The van der Waals surface area contributed by atoms with Crippen molar-refractivity contribution in [2.45, 2.75) is 31.2 Å². The molecule has 15 heavy (non-hydrogen) atoms. The summed E-state index contributed by atoms with van der Waals surface area (Å²) >= 11 is 0. The van der Waals surface area contributed by atoms with Crippen molar-refractivity contribution in [1.29, 1.82) is 0 Å². The van der Waals surface area contributed by atoms with Crippen LogP contribution in [0.3, 0.4) is 0 Å². The van der Waals surface area contributed by atoms with Crippen LogP contribution in [0.2, 0.25) is 0 Å². The van der Waals surface area contributed by atoms with Gasteiger partial charge in [0.25, 0.3) is 0 Å². The van der Waals surface area contributed by atoms with E-state index >= 15 is 0 Å². The molecule has 4 heteroatoms. The van der Waals surface area contributed by atoms with Crippen molar-refractivity contribution in [2.75, 3.05) is 34.2 Å². The zero-order valence-corrected chi connectivity index (χ0v) is 10.1. The maximum Gasteiger partial charge on any atom is 0.242 e. The standard InChI is InChI=1S/C11H23N3O/c1-13(2)8-5-9-14(3)10(15)11(12)6-4-7-11/h4-9,12H2,1-3H3. The first-order chi connectivity index (χ1) is 6.96. The summed E-state index contributed by atoms with van der Waals surface area (Å²) in [5.41, 5.74) is 5.44. The predicted octanol–water partition coefficient (Wildman–Crippen LogP) is 0.278. The minimum atomic E-state index is -0.535. The van der Waals surface area contributed by atoms with Gasteiger partial charge in [0, 0.05) is 13.6 Å². The van der Waals surface area contributed by atoms with Crippen LogP contribution in [0.25, 0.3) is 0 Å².